The Hall–Kier alpha value is -1.36. The second kappa shape index (κ2) is 9.72. The van der Waals surface area contributed by atoms with Crippen LogP contribution in [0.1, 0.15) is 61.8 Å². The van der Waals surface area contributed by atoms with E-state index in [0.29, 0.717) is 6.04 Å². The van der Waals surface area contributed by atoms with E-state index < -0.39 is 0 Å². The van der Waals surface area contributed by atoms with Crippen LogP contribution >= 0.6 is 15.9 Å². The van der Waals surface area contributed by atoms with Crippen LogP contribution in [-0.2, 0) is 6.42 Å². The summed E-state index contributed by atoms with van der Waals surface area (Å²) in [5, 5.41) is 0. The zero-order valence-corrected chi connectivity index (χ0v) is 18.0. The Bertz CT molecular complexity index is 732. The number of unbranched alkanes of at least 4 members (excludes halogenated alkanes) is 3. The molecule has 2 aromatic rings. The molecule has 0 aromatic heterocycles. The lowest BCUT2D eigenvalue weighted by molar-refractivity contribution is 0.193. The first-order valence-corrected chi connectivity index (χ1v) is 10.9. The van der Waals surface area contributed by atoms with E-state index in [1.165, 1.54) is 36.0 Å². The van der Waals surface area contributed by atoms with Gasteiger partial charge in [-0.15, -0.1) is 0 Å². The summed E-state index contributed by atoms with van der Waals surface area (Å²) < 4.78 is 7.11. The monoisotopic (exact) mass is 430 g/mol. The van der Waals surface area contributed by atoms with Gasteiger partial charge in [-0.25, -0.2) is 0 Å². The van der Waals surface area contributed by atoms with Gasteiger partial charge in [-0.2, -0.15) is 0 Å². The standard InChI is InChI=1S/C23H31BrN2O/c1-3-4-5-6-7-22(25)27-20-12-13-21-18(16-20)14-15-26(2)23(21)17-8-10-19(24)11-9-17/h8-13,16,22-23H,3-7,14-15,25H2,1-2H3. The van der Waals surface area contributed by atoms with Gasteiger partial charge in [0.25, 0.3) is 0 Å². The maximum atomic E-state index is 6.18. The van der Waals surface area contributed by atoms with Gasteiger partial charge in [0.2, 0.25) is 0 Å². The number of nitrogens with two attached hydrogens (primary N) is 1. The summed E-state index contributed by atoms with van der Waals surface area (Å²) in [4.78, 5) is 2.42. The fourth-order valence-corrected chi connectivity index (χ4v) is 4.15. The van der Waals surface area contributed by atoms with Gasteiger partial charge in [-0.1, -0.05) is 60.3 Å². The fourth-order valence-electron chi connectivity index (χ4n) is 3.89. The number of hydrogen-bond donors (Lipinski definition) is 1. The van der Waals surface area contributed by atoms with Crippen LogP contribution in [0.3, 0.4) is 0 Å². The van der Waals surface area contributed by atoms with E-state index in [1.54, 1.807) is 0 Å². The molecule has 1 aliphatic rings. The number of likely N-dealkylation sites (N-methyl/N-ethyl adjacent to an activating group) is 1. The largest absolute Gasteiger partial charge is 0.476 e. The average molecular weight is 431 g/mol. The third-order valence-corrected chi connectivity index (χ3v) is 5.93. The van der Waals surface area contributed by atoms with Gasteiger partial charge in [0.1, 0.15) is 12.0 Å². The molecule has 0 saturated carbocycles. The second-order valence-electron chi connectivity index (χ2n) is 7.55. The molecule has 0 saturated heterocycles. The molecule has 146 valence electrons. The van der Waals surface area contributed by atoms with Crippen molar-refractivity contribution in [2.75, 3.05) is 13.6 Å². The number of rotatable bonds is 8. The van der Waals surface area contributed by atoms with Crippen molar-refractivity contribution in [1.82, 2.24) is 4.90 Å². The van der Waals surface area contributed by atoms with E-state index in [0.717, 1.165) is 36.0 Å². The minimum absolute atomic E-state index is 0.214. The fraction of sp³-hybridized carbons (Fsp3) is 0.478. The van der Waals surface area contributed by atoms with E-state index in [-0.39, 0.29) is 6.23 Å². The molecule has 0 spiro atoms. The molecule has 2 N–H and O–H groups in total. The Balaban J connectivity index is 1.71. The first-order chi connectivity index (χ1) is 13.1. The summed E-state index contributed by atoms with van der Waals surface area (Å²) in [5.41, 5.74) is 10.2. The number of nitrogens with zero attached hydrogens (tertiary/aromatic N) is 1. The van der Waals surface area contributed by atoms with Gasteiger partial charge < -0.3 is 4.74 Å². The number of halogens is 1. The van der Waals surface area contributed by atoms with E-state index in [9.17, 15) is 0 Å². The van der Waals surface area contributed by atoms with Gasteiger partial charge in [0, 0.05) is 11.0 Å². The molecule has 0 radical (unpaired) electrons. The molecule has 1 aliphatic heterocycles. The van der Waals surface area contributed by atoms with Gasteiger partial charge >= 0.3 is 0 Å². The first-order valence-electron chi connectivity index (χ1n) is 10.1. The quantitative estimate of drug-likeness (QED) is 0.433. The molecule has 2 atom stereocenters. The van der Waals surface area contributed by atoms with Crippen molar-refractivity contribution in [1.29, 1.82) is 0 Å². The molecular formula is C23H31BrN2O. The smallest absolute Gasteiger partial charge is 0.147 e. The summed E-state index contributed by atoms with van der Waals surface area (Å²) in [6.07, 6.45) is 6.64. The molecule has 0 amide bonds. The summed E-state index contributed by atoms with van der Waals surface area (Å²) in [6.45, 7) is 3.27. The molecule has 0 fully saturated rings. The summed E-state index contributed by atoms with van der Waals surface area (Å²) in [5.74, 6) is 0.899. The van der Waals surface area contributed by atoms with Gasteiger partial charge in [-0.05, 0) is 67.3 Å². The molecule has 4 heteroatoms. The Morgan fingerprint density at radius 3 is 2.67 bits per heavy atom. The van der Waals surface area contributed by atoms with Gasteiger partial charge in [0.05, 0.1) is 6.04 Å². The molecule has 0 aliphatic carbocycles. The number of hydrogen-bond acceptors (Lipinski definition) is 3. The van der Waals surface area contributed by atoms with Crippen LogP contribution in [0.15, 0.2) is 46.9 Å². The van der Waals surface area contributed by atoms with Crippen molar-refractivity contribution in [3.8, 4) is 5.75 Å². The molecule has 2 unspecified atom stereocenters. The predicted molar refractivity (Wildman–Crippen MR) is 116 cm³/mol. The highest BCUT2D eigenvalue weighted by atomic mass is 79.9. The second-order valence-corrected chi connectivity index (χ2v) is 8.47. The lowest BCUT2D eigenvalue weighted by Gasteiger charge is -2.35. The molecule has 27 heavy (non-hydrogen) atoms. The maximum Gasteiger partial charge on any atom is 0.147 e. The Morgan fingerprint density at radius 2 is 1.93 bits per heavy atom. The van der Waals surface area contributed by atoms with Crippen molar-refractivity contribution in [3.63, 3.8) is 0 Å². The Morgan fingerprint density at radius 1 is 1.15 bits per heavy atom. The molecule has 0 bridgehead atoms. The van der Waals surface area contributed by atoms with Crippen LogP contribution in [0.5, 0.6) is 5.75 Å². The lowest BCUT2D eigenvalue weighted by Crippen LogP contribution is -2.33. The highest BCUT2D eigenvalue weighted by molar-refractivity contribution is 9.10. The van der Waals surface area contributed by atoms with E-state index in [4.69, 9.17) is 10.5 Å². The van der Waals surface area contributed by atoms with Crippen molar-refractivity contribution in [2.45, 2.75) is 57.7 Å². The number of ether oxygens (including phenoxy) is 1. The maximum absolute atomic E-state index is 6.18. The third kappa shape index (κ3) is 5.34. The lowest BCUT2D eigenvalue weighted by atomic mass is 9.88. The first kappa shape index (κ1) is 20.4. The third-order valence-electron chi connectivity index (χ3n) is 5.40. The highest BCUT2D eigenvalue weighted by Crippen LogP contribution is 2.36. The molecule has 1 heterocycles. The summed E-state index contributed by atoms with van der Waals surface area (Å²) in [7, 11) is 2.20. The summed E-state index contributed by atoms with van der Waals surface area (Å²) >= 11 is 3.53. The van der Waals surface area contributed by atoms with E-state index >= 15 is 0 Å². The van der Waals surface area contributed by atoms with E-state index in [2.05, 4.69) is 77.3 Å². The minimum Gasteiger partial charge on any atom is -0.476 e. The zero-order chi connectivity index (χ0) is 19.2. The zero-order valence-electron chi connectivity index (χ0n) is 16.5. The van der Waals surface area contributed by atoms with Crippen LogP contribution in [0.2, 0.25) is 0 Å². The normalized spacial score (nSPS) is 18.1. The van der Waals surface area contributed by atoms with Crippen LogP contribution < -0.4 is 10.5 Å². The van der Waals surface area contributed by atoms with Crippen LogP contribution in [0.4, 0.5) is 0 Å². The topological polar surface area (TPSA) is 38.5 Å². The average Bonchev–Trinajstić information content (AvgIpc) is 2.66. The van der Waals surface area contributed by atoms with Gasteiger partial charge in [-0.3, -0.25) is 10.6 Å². The van der Waals surface area contributed by atoms with Gasteiger partial charge in [0.15, 0.2) is 0 Å². The number of fused-ring (bicyclic) bond motifs is 1. The Labute approximate surface area is 172 Å². The van der Waals surface area contributed by atoms with Crippen LogP contribution in [0, 0.1) is 0 Å². The highest BCUT2D eigenvalue weighted by Gasteiger charge is 2.26. The minimum atomic E-state index is -0.214. The van der Waals surface area contributed by atoms with Crippen molar-refractivity contribution >= 4 is 15.9 Å². The molecule has 2 aromatic carbocycles. The Kier molecular flexibility index (Phi) is 7.33. The SMILES string of the molecule is CCCCCCC(N)Oc1ccc2c(c1)CCN(C)C2c1ccc(Br)cc1. The van der Waals surface area contributed by atoms with Crippen molar-refractivity contribution < 1.29 is 4.74 Å². The van der Waals surface area contributed by atoms with Crippen molar-refractivity contribution in [2.24, 2.45) is 5.73 Å². The molecular weight excluding hydrogens is 400 g/mol. The van der Waals surface area contributed by atoms with E-state index in [1.807, 2.05) is 0 Å². The molecule has 3 rings (SSSR count). The van der Waals surface area contributed by atoms with Crippen LogP contribution in [0.25, 0.3) is 0 Å². The van der Waals surface area contributed by atoms with Crippen molar-refractivity contribution in [3.05, 3.63) is 63.6 Å². The summed E-state index contributed by atoms with van der Waals surface area (Å²) in [6, 6.07) is 15.4. The number of benzene rings is 2. The predicted octanol–water partition coefficient (Wildman–Crippen LogP) is 5.66. The molecule has 3 nitrogen and oxygen atoms in total. The van der Waals surface area contributed by atoms with Crippen LogP contribution in [-0.4, -0.2) is 24.7 Å².